The van der Waals surface area contributed by atoms with E-state index in [0.29, 0.717) is 17.4 Å². The van der Waals surface area contributed by atoms with Crippen LogP contribution in [0.4, 0.5) is 0 Å². The maximum Gasteiger partial charge on any atom is 0.268 e. The second-order valence-corrected chi connectivity index (χ2v) is 14.6. The van der Waals surface area contributed by atoms with Crippen LogP contribution in [0.3, 0.4) is 0 Å². The fraction of sp³-hybridized carbons (Fsp3) is 0.912. The van der Waals surface area contributed by atoms with Gasteiger partial charge in [-0.15, -0.1) is 0 Å². The first-order valence-corrected chi connectivity index (χ1v) is 19.0. The van der Waals surface area contributed by atoms with Crippen LogP contribution in [0.25, 0.3) is 0 Å². The highest BCUT2D eigenvalue weighted by Gasteiger charge is 2.23. The van der Waals surface area contributed by atoms with Crippen LogP contribution in [0.15, 0.2) is 12.2 Å². The first kappa shape index (κ1) is 42.2. The number of aliphatic hydroxyl groups is 1. The molecule has 0 aromatic carbocycles. The maximum atomic E-state index is 12.6. The summed E-state index contributed by atoms with van der Waals surface area (Å²) in [6, 6.07) is -0.876. The number of phosphoric acid groups is 1. The zero-order valence-corrected chi connectivity index (χ0v) is 29.6. The minimum absolute atomic E-state index is 0.00115. The van der Waals surface area contributed by atoms with Gasteiger partial charge in [0.15, 0.2) is 0 Å². The third kappa shape index (κ3) is 29.7. The molecule has 0 radical (unpaired) electrons. The quantitative estimate of drug-likeness (QED) is 0.0349. The molecule has 0 saturated heterocycles. The van der Waals surface area contributed by atoms with Crippen LogP contribution in [-0.2, 0) is 18.4 Å². The average Bonchev–Trinajstić information content (AvgIpc) is 2.94. The van der Waals surface area contributed by atoms with Gasteiger partial charge in [-0.25, -0.2) is 0 Å². The van der Waals surface area contributed by atoms with Crippen molar-refractivity contribution in [1.29, 1.82) is 0 Å². The molecule has 2 N–H and O–H groups in total. The van der Waals surface area contributed by atoms with Crippen LogP contribution in [-0.4, -0.2) is 68.5 Å². The van der Waals surface area contributed by atoms with E-state index in [4.69, 9.17) is 9.05 Å². The minimum atomic E-state index is -4.56. The fourth-order valence-electron chi connectivity index (χ4n) is 4.86. The Bertz CT molecular complexity index is 728. The minimum Gasteiger partial charge on any atom is -0.756 e. The molecule has 0 rings (SSSR count). The molecule has 0 bridgehead atoms. The van der Waals surface area contributed by atoms with Crippen LogP contribution in [0.1, 0.15) is 149 Å². The molecule has 0 aromatic heterocycles. The standard InChI is InChI=1S/C34H69N2O6P/c1-6-8-10-12-14-16-17-18-19-20-21-23-25-27-33(37)32(31-42-43(39,40)41-30-29-36(3,4)5)35-34(38)28-26-24-22-15-13-11-9-7-2/h25,27,32-33,37H,6-24,26,28-31H2,1-5H3,(H-,35,38,39,40)/b27-25+/t32-,33+/m0/s1. The molecule has 1 unspecified atom stereocenters. The van der Waals surface area contributed by atoms with Gasteiger partial charge in [-0.2, -0.15) is 0 Å². The molecule has 0 heterocycles. The van der Waals surface area contributed by atoms with Crippen molar-refractivity contribution in [3.63, 3.8) is 0 Å². The number of nitrogens with one attached hydrogen (secondary N) is 1. The molecule has 0 aromatic rings. The van der Waals surface area contributed by atoms with E-state index in [1.807, 2.05) is 27.2 Å². The highest BCUT2D eigenvalue weighted by atomic mass is 31.2. The normalized spacial score (nSPS) is 15.0. The van der Waals surface area contributed by atoms with Crippen molar-refractivity contribution in [2.24, 2.45) is 0 Å². The lowest BCUT2D eigenvalue weighted by Crippen LogP contribution is -2.45. The molecular weight excluding hydrogens is 563 g/mol. The van der Waals surface area contributed by atoms with E-state index in [0.717, 1.165) is 38.5 Å². The van der Waals surface area contributed by atoms with Crippen molar-refractivity contribution in [3.05, 3.63) is 12.2 Å². The van der Waals surface area contributed by atoms with E-state index in [9.17, 15) is 19.4 Å². The van der Waals surface area contributed by atoms with Gasteiger partial charge >= 0.3 is 0 Å². The molecular formula is C34H69N2O6P. The molecule has 0 aliphatic heterocycles. The Hall–Kier alpha value is -0.760. The van der Waals surface area contributed by atoms with Gasteiger partial charge in [-0.05, 0) is 19.3 Å². The summed E-state index contributed by atoms with van der Waals surface area (Å²) in [7, 11) is 1.26. The molecule has 0 aliphatic rings. The summed E-state index contributed by atoms with van der Waals surface area (Å²) >= 11 is 0. The number of likely N-dealkylation sites (N-methyl/N-ethyl adjacent to an activating group) is 1. The van der Waals surface area contributed by atoms with Crippen LogP contribution in [0.5, 0.6) is 0 Å². The zero-order valence-electron chi connectivity index (χ0n) is 28.7. The van der Waals surface area contributed by atoms with Crippen molar-refractivity contribution < 1.29 is 32.9 Å². The van der Waals surface area contributed by atoms with Gasteiger partial charge in [0.25, 0.3) is 7.82 Å². The molecule has 0 saturated carbocycles. The van der Waals surface area contributed by atoms with E-state index in [-0.39, 0.29) is 19.1 Å². The van der Waals surface area contributed by atoms with Crippen molar-refractivity contribution in [2.45, 2.75) is 161 Å². The summed E-state index contributed by atoms with van der Waals surface area (Å²) < 4.78 is 23.0. The monoisotopic (exact) mass is 632 g/mol. The van der Waals surface area contributed by atoms with Gasteiger partial charge in [-0.1, -0.05) is 135 Å². The smallest absolute Gasteiger partial charge is 0.268 e. The fourth-order valence-corrected chi connectivity index (χ4v) is 5.58. The van der Waals surface area contributed by atoms with E-state index >= 15 is 0 Å². The van der Waals surface area contributed by atoms with Gasteiger partial charge in [0, 0.05) is 6.42 Å². The number of quaternary nitrogens is 1. The lowest BCUT2D eigenvalue weighted by atomic mass is 10.0. The molecule has 3 atom stereocenters. The lowest BCUT2D eigenvalue weighted by molar-refractivity contribution is -0.870. The number of carbonyl (C=O) groups excluding carboxylic acids is 1. The maximum absolute atomic E-state index is 12.6. The largest absolute Gasteiger partial charge is 0.756 e. The number of allylic oxidation sites excluding steroid dienone is 1. The first-order valence-electron chi connectivity index (χ1n) is 17.6. The highest BCUT2D eigenvalue weighted by molar-refractivity contribution is 7.45. The van der Waals surface area contributed by atoms with E-state index < -0.39 is 20.0 Å². The molecule has 256 valence electrons. The predicted molar refractivity (Wildman–Crippen MR) is 178 cm³/mol. The van der Waals surface area contributed by atoms with Crippen molar-refractivity contribution in [3.8, 4) is 0 Å². The summed E-state index contributed by atoms with van der Waals surface area (Å²) in [4.78, 5) is 25.0. The number of nitrogens with zero attached hydrogens (tertiary/aromatic N) is 1. The third-order valence-electron chi connectivity index (χ3n) is 7.75. The SMILES string of the molecule is CCCCCCCCCCCCC/C=C/[C@@H](O)[C@H](COP(=O)([O-])OCC[N+](C)(C)C)NC(=O)CCCCCCCCCC. The van der Waals surface area contributed by atoms with Crippen LogP contribution >= 0.6 is 7.82 Å². The number of hydrogen-bond acceptors (Lipinski definition) is 6. The number of phosphoric ester groups is 1. The zero-order chi connectivity index (χ0) is 32.2. The Balaban J connectivity index is 4.58. The van der Waals surface area contributed by atoms with Crippen molar-refractivity contribution in [1.82, 2.24) is 5.32 Å². The summed E-state index contributed by atoms with van der Waals surface area (Å²) in [5.74, 6) is -0.205. The molecule has 0 fully saturated rings. The van der Waals surface area contributed by atoms with Gasteiger partial charge in [0.2, 0.25) is 5.91 Å². The van der Waals surface area contributed by atoms with Crippen molar-refractivity contribution in [2.75, 3.05) is 40.9 Å². The number of rotatable bonds is 31. The number of amides is 1. The Kier molecular flexibility index (Phi) is 27.1. The second kappa shape index (κ2) is 27.5. The van der Waals surface area contributed by atoms with E-state index in [1.165, 1.54) is 89.9 Å². The molecule has 9 heteroatoms. The van der Waals surface area contributed by atoms with Crippen LogP contribution in [0, 0.1) is 0 Å². The molecule has 0 spiro atoms. The Morgan fingerprint density at radius 1 is 0.791 bits per heavy atom. The van der Waals surface area contributed by atoms with Crippen LogP contribution < -0.4 is 10.2 Å². The molecule has 43 heavy (non-hydrogen) atoms. The topological polar surface area (TPSA) is 108 Å². The van der Waals surface area contributed by atoms with E-state index in [1.54, 1.807) is 6.08 Å². The number of unbranched alkanes of at least 4 members (excludes halogenated alkanes) is 18. The van der Waals surface area contributed by atoms with E-state index in [2.05, 4.69) is 19.2 Å². The van der Waals surface area contributed by atoms with Gasteiger partial charge in [0.1, 0.15) is 13.2 Å². The number of aliphatic hydroxyl groups excluding tert-OH is 1. The lowest BCUT2D eigenvalue weighted by Gasteiger charge is -2.29. The van der Waals surface area contributed by atoms with Gasteiger partial charge in [-0.3, -0.25) is 9.36 Å². The highest BCUT2D eigenvalue weighted by Crippen LogP contribution is 2.38. The predicted octanol–water partition coefficient (Wildman–Crippen LogP) is 7.83. The average molecular weight is 633 g/mol. The summed E-state index contributed by atoms with van der Waals surface area (Å²) in [5.41, 5.74) is 0. The number of hydrogen-bond donors (Lipinski definition) is 2. The Morgan fingerprint density at radius 2 is 1.26 bits per heavy atom. The van der Waals surface area contributed by atoms with Crippen molar-refractivity contribution >= 4 is 13.7 Å². The summed E-state index contributed by atoms with van der Waals surface area (Å²) in [6.45, 7) is 4.58. The Morgan fingerprint density at radius 3 is 1.74 bits per heavy atom. The molecule has 8 nitrogen and oxygen atoms in total. The van der Waals surface area contributed by atoms with Gasteiger partial charge < -0.3 is 28.8 Å². The molecule has 1 amide bonds. The Labute approximate surface area is 265 Å². The summed E-state index contributed by atoms with van der Waals surface area (Å²) in [6.07, 6.45) is 26.8. The van der Waals surface area contributed by atoms with Crippen LogP contribution in [0.2, 0.25) is 0 Å². The number of carbonyl (C=O) groups is 1. The second-order valence-electron chi connectivity index (χ2n) is 13.2. The molecule has 0 aliphatic carbocycles. The third-order valence-corrected chi connectivity index (χ3v) is 8.71. The first-order chi connectivity index (χ1) is 20.5. The summed E-state index contributed by atoms with van der Waals surface area (Å²) in [5, 5.41) is 13.6. The van der Waals surface area contributed by atoms with Gasteiger partial charge in [0.05, 0.1) is 39.9 Å².